The molecule has 2 aliphatic rings. The van der Waals surface area contributed by atoms with E-state index < -0.39 is 29.6 Å². The van der Waals surface area contributed by atoms with Gasteiger partial charge in [-0.25, -0.2) is 4.79 Å². The lowest BCUT2D eigenvalue weighted by Crippen LogP contribution is -2.46. The standard InChI is InChI=1S/C28H26N2O5/c31-24(32)16-28(14-15-28)30-26(33)25(18-8-2-1-3-9-18)29-27(34)35-17-23-21-12-6-4-10-19(21)20-11-5-7-13-22(20)23/h1-13,23,25H,14-17H2,(H,29,34)(H,30,33)(H,31,32). The fraction of sp³-hybridized carbons (Fsp3) is 0.250. The van der Waals surface area contributed by atoms with Crippen molar-refractivity contribution in [2.24, 2.45) is 0 Å². The second-order valence-corrected chi connectivity index (χ2v) is 9.15. The molecule has 7 heteroatoms. The Labute approximate surface area is 203 Å². The molecule has 2 amide bonds. The van der Waals surface area contributed by atoms with Gasteiger partial charge in [0.2, 0.25) is 5.91 Å². The molecule has 5 rings (SSSR count). The van der Waals surface area contributed by atoms with Crippen LogP contribution in [0.4, 0.5) is 4.79 Å². The Balaban J connectivity index is 1.30. The van der Waals surface area contributed by atoms with Crippen molar-refractivity contribution in [3.05, 3.63) is 95.6 Å². The van der Waals surface area contributed by atoms with Crippen LogP contribution < -0.4 is 10.6 Å². The van der Waals surface area contributed by atoms with E-state index in [4.69, 9.17) is 4.74 Å². The molecule has 0 spiro atoms. The normalized spacial score (nSPS) is 15.9. The van der Waals surface area contributed by atoms with Crippen LogP contribution in [0.2, 0.25) is 0 Å². The van der Waals surface area contributed by atoms with E-state index >= 15 is 0 Å². The number of hydrogen-bond donors (Lipinski definition) is 3. The highest BCUT2D eigenvalue weighted by atomic mass is 16.5. The zero-order valence-corrected chi connectivity index (χ0v) is 19.1. The van der Waals surface area contributed by atoms with E-state index in [1.54, 1.807) is 24.3 Å². The summed E-state index contributed by atoms with van der Waals surface area (Å²) >= 11 is 0. The van der Waals surface area contributed by atoms with Crippen molar-refractivity contribution in [3.8, 4) is 11.1 Å². The SMILES string of the molecule is O=C(O)CC1(NC(=O)C(NC(=O)OCC2c3ccccc3-c3ccccc32)c2ccccc2)CC1. The van der Waals surface area contributed by atoms with E-state index in [0.717, 1.165) is 22.3 Å². The fourth-order valence-electron chi connectivity index (χ4n) is 4.82. The molecule has 1 fully saturated rings. The Morgan fingerprint density at radius 1 is 0.886 bits per heavy atom. The predicted molar refractivity (Wildman–Crippen MR) is 130 cm³/mol. The van der Waals surface area contributed by atoms with Crippen LogP contribution in [0.3, 0.4) is 0 Å². The molecule has 0 bridgehead atoms. The third kappa shape index (κ3) is 4.75. The first kappa shape index (κ1) is 22.7. The molecule has 0 saturated heterocycles. The Bertz CT molecular complexity index is 1220. The minimum atomic E-state index is -1.00. The van der Waals surface area contributed by atoms with Crippen molar-refractivity contribution in [1.29, 1.82) is 0 Å². The molecule has 3 aromatic carbocycles. The topological polar surface area (TPSA) is 105 Å². The fourth-order valence-corrected chi connectivity index (χ4v) is 4.82. The van der Waals surface area contributed by atoms with Crippen LogP contribution in [0.15, 0.2) is 78.9 Å². The molecular formula is C28H26N2O5. The van der Waals surface area contributed by atoms with Crippen molar-refractivity contribution in [1.82, 2.24) is 10.6 Å². The van der Waals surface area contributed by atoms with Crippen molar-refractivity contribution >= 4 is 18.0 Å². The second kappa shape index (κ2) is 9.25. The number of hydrogen-bond acceptors (Lipinski definition) is 4. The van der Waals surface area contributed by atoms with Gasteiger partial charge in [-0.2, -0.15) is 0 Å². The van der Waals surface area contributed by atoms with E-state index in [-0.39, 0.29) is 18.9 Å². The van der Waals surface area contributed by atoms with Crippen LogP contribution in [0, 0.1) is 0 Å². The number of amides is 2. The Hall–Kier alpha value is -4.13. The number of carbonyl (C=O) groups is 3. The van der Waals surface area contributed by atoms with Crippen LogP contribution in [-0.4, -0.2) is 35.2 Å². The van der Waals surface area contributed by atoms with Gasteiger partial charge in [0.15, 0.2) is 0 Å². The molecule has 178 valence electrons. The van der Waals surface area contributed by atoms with Gasteiger partial charge in [0.05, 0.1) is 12.0 Å². The summed E-state index contributed by atoms with van der Waals surface area (Å²) in [5, 5.41) is 14.7. The Morgan fingerprint density at radius 3 is 2.03 bits per heavy atom. The molecule has 1 atom stereocenters. The highest BCUT2D eigenvalue weighted by Crippen LogP contribution is 2.44. The third-order valence-corrected chi connectivity index (χ3v) is 6.73. The summed E-state index contributed by atoms with van der Waals surface area (Å²) in [5.74, 6) is -1.52. The molecule has 7 nitrogen and oxygen atoms in total. The van der Waals surface area contributed by atoms with E-state index in [1.165, 1.54) is 0 Å². The quantitative estimate of drug-likeness (QED) is 0.453. The van der Waals surface area contributed by atoms with Gasteiger partial charge < -0.3 is 20.5 Å². The van der Waals surface area contributed by atoms with Gasteiger partial charge in [-0.1, -0.05) is 78.9 Å². The summed E-state index contributed by atoms with van der Waals surface area (Å²) in [7, 11) is 0. The van der Waals surface area contributed by atoms with Gasteiger partial charge in [-0.05, 0) is 40.7 Å². The van der Waals surface area contributed by atoms with E-state index in [1.807, 2.05) is 42.5 Å². The number of fused-ring (bicyclic) bond motifs is 3. The number of carboxylic acids is 1. The lowest BCUT2D eigenvalue weighted by atomic mass is 9.98. The molecule has 35 heavy (non-hydrogen) atoms. The lowest BCUT2D eigenvalue weighted by molar-refractivity contribution is -0.138. The van der Waals surface area contributed by atoms with Gasteiger partial charge in [0.25, 0.3) is 0 Å². The molecule has 0 aromatic heterocycles. The number of nitrogens with one attached hydrogen (secondary N) is 2. The maximum absolute atomic E-state index is 13.1. The molecule has 1 saturated carbocycles. The third-order valence-electron chi connectivity index (χ3n) is 6.73. The maximum atomic E-state index is 13.1. The minimum absolute atomic E-state index is 0.0950. The number of rotatable bonds is 8. The zero-order valence-electron chi connectivity index (χ0n) is 19.1. The minimum Gasteiger partial charge on any atom is -0.481 e. The average molecular weight is 471 g/mol. The number of carbonyl (C=O) groups excluding carboxylic acids is 2. The molecule has 1 unspecified atom stereocenters. The highest BCUT2D eigenvalue weighted by molar-refractivity contribution is 5.88. The molecular weight excluding hydrogens is 444 g/mol. The number of aliphatic carboxylic acids is 1. The van der Waals surface area contributed by atoms with Crippen molar-refractivity contribution < 1.29 is 24.2 Å². The summed E-state index contributed by atoms with van der Waals surface area (Å²) < 4.78 is 5.63. The van der Waals surface area contributed by atoms with Crippen molar-refractivity contribution in [2.45, 2.75) is 36.8 Å². The average Bonchev–Trinajstić information content (AvgIpc) is 3.52. The largest absolute Gasteiger partial charge is 0.481 e. The van der Waals surface area contributed by atoms with Crippen molar-refractivity contribution in [2.75, 3.05) is 6.61 Å². The van der Waals surface area contributed by atoms with Gasteiger partial charge >= 0.3 is 12.1 Å². The van der Waals surface area contributed by atoms with Gasteiger partial charge in [-0.15, -0.1) is 0 Å². The first-order valence-electron chi connectivity index (χ1n) is 11.7. The Kier molecular flexibility index (Phi) is 5.99. The molecule has 0 radical (unpaired) electrons. The Morgan fingerprint density at radius 2 is 1.46 bits per heavy atom. The summed E-state index contributed by atoms with van der Waals surface area (Å²) in [6, 6.07) is 24.0. The highest BCUT2D eigenvalue weighted by Gasteiger charge is 2.47. The first-order chi connectivity index (χ1) is 17.0. The number of ether oxygens (including phenoxy) is 1. The monoisotopic (exact) mass is 470 g/mol. The molecule has 3 N–H and O–H groups in total. The van der Waals surface area contributed by atoms with Crippen LogP contribution in [-0.2, 0) is 14.3 Å². The molecule has 0 aliphatic heterocycles. The summed E-state index contributed by atoms with van der Waals surface area (Å²) in [4.78, 5) is 37.2. The predicted octanol–water partition coefficient (Wildman–Crippen LogP) is 4.39. The van der Waals surface area contributed by atoms with Crippen LogP contribution in [0.25, 0.3) is 11.1 Å². The smallest absolute Gasteiger partial charge is 0.408 e. The summed E-state index contributed by atoms with van der Waals surface area (Å²) in [5.41, 5.74) is 4.30. The maximum Gasteiger partial charge on any atom is 0.408 e. The van der Waals surface area contributed by atoms with E-state index in [2.05, 4.69) is 22.8 Å². The second-order valence-electron chi connectivity index (χ2n) is 9.15. The van der Waals surface area contributed by atoms with Crippen LogP contribution in [0.1, 0.15) is 47.9 Å². The van der Waals surface area contributed by atoms with Gasteiger partial charge in [-0.3, -0.25) is 9.59 Å². The molecule has 2 aliphatic carbocycles. The molecule has 3 aromatic rings. The van der Waals surface area contributed by atoms with Gasteiger partial charge in [0.1, 0.15) is 12.6 Å². The number of carboxylic acid groups (broad SMARTS) is 1. The van der Waals surface area contributed by atoms with Crippen molar-refractivity contribution in [3.63, 3.8) is 0 Å². The first-order valence-corrected chi connectivity index (χ1v) is 11.7. The number of benzene rings is 3. The lowest BCUT2D eigenvalue weighted by Gasteiger charge is -2.23. The van der Waals surface area contributed by atoms with Gasteiger partial charge in [0, 0.05) is 5.92 Å². The van der Waals surface area contributed by atoms with Crippen LogP contribution >= 0.6 is 0 Å². The van der Waals surface area contributed by atoms with E-state index in [0.29, 0.717) is 18.4 Å². The van der Waals surface area contributed by atoms with E-state index in [9.17, 15) is 19.5 Å². The molecule has 0 heterocycles. The summed E-state index contributed by atoms with van der Waals surface area (Å²) in [6.45, 7) is 0.131. The zero-order chi connectivity index (χ0) is 24.4. The van der Waals surface area contributed by atoms with Crippen LogP contribution in [0.5, 0.6) is 0 Å². The number of alkyl carbamates (subject to hydrolysis) is 1. The summed E-state index contributed by atoms with van der Waals surface area (Å²) in [6.07, 6.45) is 0.333.